The molecule has 0 saturated carbocycles. The van der Waals surface area contributed by atoms with Crippen molar-refractivity contribution >= 4 is 15.9 Å². The third-order valence-electron chi connectivity index (χ3n) is 4.40. The van der Waals surface area contributed by atoms with E-state index in [1.165, 1.54) is 95.2 Å². The average molecular weight is 347 g/mol. The van der Waals surface area contributed by atoms with Crippen LogP contribution in [0.15, 0.2) is 0 Å². The van der Waals surface area contributed by atoms with Crippen LogP contribution in [0.3, 0.4) is 0 Å². The Morgan fingerprint density at radius 2 is 1.10 bits per heavy atom. The molecule has 1 saturated heterocycles. The van der Waals surface area contributed by atoms with E-state index in [4.69, 9.17) is 4.74 Å². The number of epoxide rings is 1. The highest BCUT2D eigenvalue weighted by atomic mass is 79.9. The Morgan fingerprint density at radius 3 is 1.60 bits per heavy atom. The van der Waals surface area contributed by atoms with Crippen LogP contribution in [0.5, 0.6) is 0 Å². The Morgan fingerprint density at radius 1 is 0.650 bits per heavy atom. The van der Waals surface area contributed by atoms with E-state index in [-0.39, 0.29) is 0 Å². The number of halogens is 1. The topological polar surface area (TPSA) is 12.5 Å². The summed E-state index contributed by atoms with van der Waals surface area (Å²) < 4.78 is 5.78. The fraction of sp³-hybridized carbons (Fsp3) is 1.00. The van der Waals surface area contributed by atoms with Gasteiger partial charge in [0.05, 0.1) is 12.2 Å². The third kappa shape index (κ3) is 10.2. The highest BCUT2D eigenvalue weighted by Crippen LogP contribution is 2.31. The van der Waals surface area contributed by atoms with Crippen LogP contribution in [0.4, 0.5) is 0 Å². The number of hydrogen-bond acceptors (Lipinski definition) is 1. The maximum atomic E-state index is 5.78. The van der Waals surface area contributed by atoms with E-state index in [1.54, 1.807) is 0 Å². The molecular weight excluding hydrogens is 312 g/mol. The minimum Gasteiger partial charge on any atom is -0.370 e. The minimum atomic E-state index is 0.633. The molecule has 2 atom stereocenters. The number of rotatable bonds is 15. The molecule has 1 heterocycles. The fourth-order valence-corrected chi connectivity index (χ4v) is 3.36. The van der Waals surface area contributed by atoms with Gasteiger partial charge in [-0.1, -0.05) is 93.5 Å². The quantitative estimate of drug-likeness (QED) is 0.184. The zero-order valence-electron chi connectivity index (χ0n) is 13.5. The number of unbranched alkanes of at least 4 members (excludes halogenated alkanes) is 10. The van der Waals surface area contributed by atoms with Gasteiger partial charge in [0.1, 0.15) is 0 Å². The summed E-state index contributed by atoms with van der Waals surface area (Å²) in [6.45, 7) is 2.28. The molecule has 0 aromatic rings. The van der Waals surface area contributed by atoms with Gasteiger partial charge in [0.15, 0.2) is 0 Å². The molecule has 0 N–H and O–H groups in total. The summed E-state index contributed by atoms with van der Waals surface area (Å²) >= 11 is 3.49. The summed E-state index contributed by atoms with van der Waals surface area (Å²) in [5, 5.41) is 1.17. The molecule has 0 spiro atoms. The van der Waals surface area contributed by atoms with Crippen LogP contribution in [-0.2, 0) is 4.74 Å². The molecule has 0 aromatic heterocycles. The van der Waals surface area contributed by atoms with Gasteiger partial charge < -0.3 is 4.74 Å². The lowest BCUT2D eigenvalue weighted by Crippen LogP contribution is -1.94. The second-order valence-electron chi connectivity index (χ2n) is 6.37. The maximum absolute atomic E-state index is 5.78. The van der Waals surface area contributed by atoms with Gasteiger partial charge in [-0.3, -0.25) is 0 Å². The first-order chi connectivity index (χ1) is 9.88. The van der Waals surface area contributed by atoms with Gasteiger partial charge in [-0.25, -0.2) is 0 Å². The second-order valence-corrected chi connectivity index (χ2v) is 7.16. The molecule has 1 nitrogen and oxygen atoms in total. The predicted molar refractivity (Wildman–Crippen MR) is 92.8 cm³/mol. The molecule has 0 bridgehead atoms. The Balaban J connectivity index is 1.75. The molecule has 0 aromatic carbocycles. The zero-order valence-corrected chi connectivity index (χ0v) is 15.1. The molecule has 2 unspecified atom stereocenters. The van der Waals surface area contributed by atoms with Crippen molar-refractivity contribution in [1.29, 1.82) is 0 Å². The van der Waals surface area contributed by atoms with Crippen molar-refractivity contribution in [2.45, 2.75) is 109 Å². The second kappa shape index (κ2) is 13.1. The van der Waals surface area contributed by atoms with Gasteiger partial charge in [-0.2, -0.15) is 0 Å². The molecular formula is C18H35BrO. The van der Waals surface area contributed by atoms with Crippen LogP contribution >= 0.6 is 15.9 Å². The highest BCUT2D eigenvalue weighted by molar-refractivity contribution is 9.09. The Bertz CT molecular complexity index is 208. The van der Waals surface area contributed by atoms with Gasteiger partial charge in [-0.05, 0) is 19.3 Å². The Kier molecular flexibility index (Phi) is 12.1. The fourth-order valence-electron chi connectivity index (χ4n) is 2.96. The van der Waals surface area contributed by atoms with Gasteiger partial charge in [-0.15, -0.1) is 0 Å². The molecule has 1 fully saturated rings. The summed E-state index contributed by atoms with van der Waals surface area (Å²) in [6, 6.07) is 0. The van der Waals surface area contributed by atoms with Gasteiger partial charge in [0.25, 0.3) is 0 Å². The van der Waals surface area contributed by atoms with Gasteiger partial charge in [0.2, 0.25) is 0 Å². The summed E-state index contributed by atoms with van der Waals surface area (Å²) in [5.41, 5.74) is 0. The molecule has 2 heteroatoms. The van der Waals surface area contributed by atoms with E-state index in [0.29, 0.717) is 12.2 Å². The molecule has 0 amide bonds. The third-order valence-corrected chi connectivity index (χ3v) is 4.96. The maximum Gasteiger partial charge on any atom is 0.0841 e. The van der Waals surface area contributed by atoms with Crippen LogP contribution in [0.25, 0.3) is 0 Å². The minimum absolute atomic E-state index is 0.633. The number of hydrogen-bond donors (Lipinski definition) is 0. The highest BCUT2D eigenvalue weighted by Gasteiger charge is 2.36. The van der Waals surface area contributed by atoms with Crippen LogP contribution in [0, 0.1) is 0 Å². The van der Waals surface area contributed by atoms with Crippen LogP contribution in [0.2, 0.25) is 0 Å². The van der Waals surface area contributed by atoms with Crippen molar-refractivity contribution in [3.8, 4) is 0 Å². The van der Waals surface area contributed by atoms with Crippen molar-refractivity contribution in [1.82, 2.24) is 0 Å². The molecule has 1 aliphatic heterocycles. The lowest BCUT2D eigenvalue weighted by Gasteiger charge is -2.00. The average Bonchev–Trinajstić information content (AvgIpc) is 3.20. The number of alkyl halides is 1. The first kappa shape index (κ1) is 18.5. The van der Waals surface area contributed by atoms with Crippen molar-refractivity contribution in [2.75, 3.05) is 5.33 Å². The van der Waals surface area contributed by atoms with Crippen LogP contribution in [-0.4, -0.2) is 17.5 Å². The molecule has 120 valence electrons. The zero-order chi connectivity index (χ0) is 14.5. The summed E-state index contributed by atoms with van der Waals surface area (Å²) in [7, 11) is 0. The SMILES string of the molecule is CCCCCCCCC1OC1CCCCCCCCBr. The molecule has 0 radical (unpaired) electrons. The van der Waals surface area contributed by atoms with E-state index < -0.39 is 0 Å². The Hall–Kier alpha value is 0.440. The van der Waals surface area contributed by atoms with E-state index in [1.807, 2.05) is 0 Å². The number of ether oxygens (including phenoxy) is 1. The van der Waals surface area contributed by atoms with Gasteiger partial charge >= 0.3 is 0 Å². The lowest BCUT2D eigenvalue weighted by atomic mass is 10.0. The van der Waals surface area contributed by atoms with Crippen LogP contribution < -0.4 is 0 Å². The van der Waals surface area contributed by atoms with Gasteiger partial charge in [0, 0.05) is 5.33 Å². The normalized spacial score (nSPS) is 21.3. The summed E-state index contributed by atoms with van der Waals surface area (Å²) in [6.07, 6.45) is 20.7. The first-order valence-electron chi connectivity index (χ1n) is 9.10. The van der Waals surface area contributed by atoms with E-state index in [9.17, 15) is 0 Å². The first-order valence-corrected chi connectivity index (χ1v) is 10.2. The Labute approximate surface area is 135 Å². The van der Waals surface area contributed by atoms with E-state index >= 15 is 0 Å². The lowest BCUT2D eigenvalue weighted by molar-refractivity contribution is 0.347. The monoisotopic (exact) mass is 346 g/mol. The van der Waals surface area contributed by atoms with Crippen LogP contribution in [0.1, 0.15) is 96.8 Å². The van der Waals surface area contributed by atoms with Crippen molar-refractivity contribution in [3.63, 3.8) is 0 Å². The molecule has 0 aliphatic carbocycles. The van der Waals surface area contributed by atoms with Crippen molar-refractivity contribution < 1.29 is 4.74 Å². The smallest absolute Gasteiger partial charge is 0.0841 e. The van der Waals surface area contributed by atoms with E-state index in [0.717, 1.165) is 0 Å². The van der Waals surface area contributed by atoms with Crippen molar-refractivity contribution in [2.24, 2.45) is 0 Å². The summed E-state index contributed by atoms with van der Waals surface area (Å²) in [4.78, 5) is 0. The predicted octanol–water partition coefficient (Wildman–Crippen LogP) is 6.63. The largest absolute Gasteiger partial charge is 0.370 e. The van der Waals surface area contributed by atoms with E-state index in [2.05, 4.69) is 22.9 Å². The van der Waals surface area contributed by atoms with Crippen molar-refractivity contribution in [3.05, 3.63) is 0 Å². The molecule has 20 heavy (non-hydrogen) atoms. The molecule has 1 aliphatic rings. The standard InChI is InChI=1S/C18H35BrO/c1-2-3-4-5-8-11-14-17-18(20-17)15-12-9-6-7-10-13-16-19/h17-18H,2-16H2,1H3. The molecule has 1 rings (SSSR count). The summed E-state index contributed by atoms with van der Waals surface area (Å²) in [5.74, 6) is 0.